The molecule has 2 aromatic rings. The topological polar surface area (TPSA) is 80.5 Å². The van der Waals surface area contributed by atoms with Crippen LogP contribution in [0.3, 0.4) is 0 Å². The summed E-state index contributed by atoms with van der Waals surface area (Å²) in [5.74, 6) is 0.305. The second-order valence-electron chi connectivity index (χ2n) is 5.63. The number of carbonyl (C=O) groups excluding carboxylic acids is 1. The normalized spacial score (nSPS) is 12.9. The van der Waals surface area contributed by atoms with Gasteiger partial charge in [0.2, 0.25) is 0 Å². The number of rotatable bonds is 4. The molecule has 1 aromatic carbocycles. The maximum atomic E-state index is 12.6. The van der Waals surface area contributed by atoms with Gasteiger partial charge in [-0.25, -0.2) is 8.42 Å². The number of amides is 1. The molecule has 0 saturated carbocycles. The van der Waals surface area contributed by atoms with Crippen molar-refractivity contribution in [3.63, 3.8) is 0 Å². The molecule has 2 rings (SSSR count). The van der Waals surface area contributed by atoms with Crippen LogP contribution in [-0.2, 0) is 9.84 Å². The fourth-order valence-corrected chi connectivity index (χ4v) is 2.99. The van der Waals surface area contributed by atoms with Crippen molar-refractivity contribution in [3.8, 4) is 0 Å². The molecule has 124 valence electrons. The Morgan fingerprint density at radius 2 is 1.78 bits per heavy atom. The minimum Gasteiger partial charge on any atom is -0.361 e. The number of sulfone groups is 1. The van der Waals surface area contributed by atoms with Crippen molar-refractivity contribution < 1.29 is 17.7 Å². The van der Waals surface area contributed by atoms with E-state index in [1.807, 2.05) is 6.92 Å². The Kier molecular flexibility index (Phi) is 4.61. The van der Waals surface area contributed by atoms with Crippen LogP contribution in [-0.4, -0.2) is 37.7 Å². The third-order valence-electron chi connectivity index (χ3n) is 3.94. The monoisotopic (exact) mass is 336 g/mol. The van der Waals surface area contributed by atoms with Gasteiger partial charge in [0, 0.05) is 13.3 Å². The number of aryl methyl sites for hydroxylation is 2. The Labute approximate surface area is 136 Å². The summed E-state index contributed by atoms with van der Waals surface area (Å²) in [6, 6.07) is 6.32. The minimum atomic E-state index is -3.23. The molecule has 0 fully saturated rings. The highest BCUT2D eigenvalue weighted by molar-refractivity contribution is 7.90. The van der Waals surface area contributed by atoms with Crippen LogP contribution in [0.5, 0.6) is 0 Å². The van der Waals surface area contributed by atoms with E-state index >= 15 is 0 Å². The van der Waals surface area contributed by atoms with Gasteiger partial charge in [0.25, 0.3) is 5.91 Å². The van der Waals surface area contributed by atoms with E-state index in [4.69, 9.17) is 4.52 Å². The Bertz CT molecular complexity index is 803. The average Bonchev–Trinajstić information content (AvgIpc) is 2.83. The fourth-order valence-electron chi connectivity index (χ4n) is 2.36. The number of aromatic nitrogens is 1. The van der Waals surface area contributed by atoms with Crippen LogP contribution >= 0.6 is 0 Å². The lowest BCUT2D eigenvalue weighted by Crippen LogP contribution is -2.30. The maximum absolute atomic E-state index is 12.6. The zero-order valence-corrected chi connectivity index (χ0v) is 14.6. The lowest BCUT2D eigenvalue weighted by molar-refractivity contribution is 0.0740. The molecular weight excluding hydrogens is 316 g/mol. The van der Waals surface area contributed by atoms with Crippen LogP contribution in [0.15, 0.2) is 33.7 Å². The van der Waals surface area contributed by atoms with Crippen LogP contribution in [0.4, 0.5) is 0 Å². The highest BCUT2D eigenvalue weighted by Gasteiger charge is 2.25. The van der Waals surface area contributed by atoms with Gasteiger partial charge in [-0.3, -0.25) is 4.79 Å². The van der Waals surface area contributed by atoms with Gasteiger partial charge in [0.1, 0.15) is 11.3 Å². The van der Waals surface area contributed by atoms with Crippen molar-refractivity contribution in [2.24, 2.45) is 0 Å². The van der Waals surface area contributed by atoms with Crippen LogP contribution in [0.2, 0.25) is 0 Å². The van der Waals surface area contributed by atoms with E-state index in [0.29, 0.717) is 17.0 Å². The molecule has 0 radical (unpaired) electrons. The molecule has 0 aliphatic rings. The van der Waals surface area contributed by atoms with E-state index in [-0.39, 0.29) is 16.8 Å². The van der Waals surface area contributed by atoms with E-state index in [0.717, 1.165) is 5.56 Å². The third kappa shape index (κ3) is 3.44. The summed E-state index contributed by atoms with van der Waals surface area (Å²) in [7, 11) is -1.53. The highest BCUT2D eigenvalue weighted by atomic mass is 32.2. The van der Waals surface area contributed by atoms with Crippen LogP contribution < -0.4 is 0 Å². The van der Waals surface area contributed by atoms with Crippen molar-refractivity contribution >= 4 is 15.7 Å². The van der Waals surface area contributed by atoms with Crippen LogP contribution in [0, 0.1) is 13.8 Å². The van der Waals surface area contributed by atoms with Crippen molar-refractivity contribution in [1.29, 1.82) is 0 Å². The predicted octanol–water partition coefficient (Wildman–Crippen LogP) is 2.53. The first-order valence-corrected chi connectivity index (χ1v) is 9.02. The number of hydrogen-bond acceptors (Lipinski definition) is 5. The molecule has 1 heterocycles. The molecule has 0 aliphatic heterocycles. The number of nitrogens with zero attached hydrogens (tertiary/aromatic N) is 2. The molecule has 1 aromatic heterocycles. The largest absolute Gasteiger partial charge is 0.361 e. The van der Waals surface area contributed by atoms with Crippen LogP contribution in [0.25, 0.3) is 0 Å². The van der Waals surface area contributed by atoms with E-state index in [1.165, 1.54) is 6.26 Å². The van der Waals surface area contributed by atoms with Gasteiger partial charge in [-0.15, -0.1) is 0 Å². The highest BCUT2D eigenvalue weighted by Crippen LogP contribution is 2.24. The van der Waals surface area contributed by atoms with Crippen molar-refractivity contribution in [3.05, 3.63) is 46.8 Å². The van der Waals surface area contributed by atoms with Crippen LogP contribution in [0.1, 0.15) is 40.3 Å². The SMILES string of the molecule is Cc1noc(C)c1C(=O)N(C)[C@@H](C)c1ccc(S(C)(=O)=O)cc1. The van der Waals surface area contributed by atoms with Crippen molar-refractivity contribution in [2.45, 2.75) is 31.7 Å². The van der Waals surface area contributed by atoms with Gasteiger partial charge in [-0.1, -0.05) is 17.3 Å². The Morgan fingerprint density at radius 1 is 1.22 bits per heavy atom. The average molecular weight is 336 g/mol. The van der Waals surface area contributed by atoms with E-state index < -0.39 is 9.84 Å². The molecule has 0 aliphatic carbocycles. The Balaban J connectivity index is 2.26. The zero-order valence-electron chi connectivity index (χ0n) is 13.8. The predicted molar refractivity (Wildman–Crippen MR) is 86.0 cm³/mol. The summed E-state index contributed by atoms with van der Waals surface area (Å²) < 4.78 is 28.1. The molecule has 0 N–H and O–H groups in total. The quantitative estimate of drug-likeness (QED) is 0.857. The molecule has 0 bridgehead atoms. The molecule has 0 saturated heterocycles. The van der Waals surface area contributed by atoms with Crippen molar-refractivity contribution in [1.82, 2.24) is 10.1 Å². The van der Waals surface area contributed by atoms with Crippen molar-refractivity contribution in [2.75, 3.05) is 13.3 Å². The summed E-state index contributed by atoms with van der Waals surface area (Å²) in [5.41, 5.74) is 1.87. The second kappa shape index (κ2) is 6.16. The lowest BCUT2D eigenvalue weighted by Gasteiger charge is -2.25. The number of hydrogen-bond donors (Lipinski definition) is 0. The molecule has 6 nitrogen and oxygen atoms in total. The summed E-state index contributed by atoms with van der Waals surface area (Å²) in [6.45, 7) is 5.31. The van der Waals surface area contributed by atoms with Gasteiger partial charge in [-0.05, 0) is 38.5 Å². The summed E-state index contributed by atoms with van der Waals surface area (Å²) in [4.78, 5) is 14.5. The molecule has 1 atom stereocenters. The minimum absolute atomic E-state index is 0.180. The van der Waals surface area contributed by atoms with Gasteiger partial charge in [-0.2, -0.15) is 0 Å². The fraction of sp³-hybridized carbons (Fsp3) is 0.375. The van der Waals surface area contributed by atoms with Gasteiger partial charge < -0.3 is 9.42 Å². The van der Waals surface area contributed by atoms with E-state index in [1.54, 1.807) is 50.1 Å². The molecule has 7 heteroatoms. The smallest absolute Gasteiger partial charge is 0.259 e. The second-order valence-corrected chi connectivity index (χ2v) is 7.65. The first-order valence-electron chi connectivity index (χ1n) is 7.13. The summed E-state index contributed by atoms with van der Waals surface area (Å²) in [6.07, 6.45) is 1.17. The molecular formula is C16H20N2O4S. The lowest BCUT2D eigenvalue weighted by atomic mass is 10.1. The Morgan fingerprint density at radius 3 is 2.22 bits per heavy atom. The summed E-state index contributed by atoms with van der Waals surface area (Å²) >= 11 is 0. The standard InChI is InChI=1S/C16H20N2O4S/c1-10-15(12(3)22-17-10)16(19)18(4)11(2)13-6-8-14(9-7-13)23(5,20)21/h6-9,11H,1-5H3/t11-/m0/s1. The maximum Gasteiger partial charge on any atom is 0.259 e. The molecule has 1 amide bonds. The first-order chi connectivity index (χ1) is 10.6. The summed E-state index contributed by atoms with van der Waals surface area (Å²) in [5, 5.41) is 3.80. The van der Waals surface area contributed by atoms with Gasteiger partial charge in [0.15, 0.2) is 9.84 Å². The van der Waals surface area contributed by atoms with Gasteiger partial charge >= 0.3 is 0 Å². The van der Waals surface area contributed by atoms with E-state index in [2.05, 4.69) is 5.16 Å². The Hall–Kier alpha value is -2.15. The molecule has 23 heavy (non-hydrogen) atoms. The number of carbonyl (C=O) groups is 1. The van der Waals surface area contributed by atoms with Gasteiger partial charge in [0.05, 0.1) is 16.6 Å². The third-order valence-corrected chi connectivity index (χ3v) is 5.07. The van der Waals surface area contributed by atoms with E-state index in [9.17, 15) is 13.2 Å². The molecule has 0 spiro atoms. The zero-order chi connectivity index (χ0) is 17.4. The molecule has 0 unspecified atom stereocenters. The first kappa shape index (κ1) is 17.2. The number of benzene rings is 1.